The minimum Gasteiger partial charge on any atom is -0.457 e. The van der Waals surface area contributed by atoms with Gasteiger partial charge in [-0.2, -0.15) is 0 Å². The van der Waals surface area contributed by atoms with E-state index < -0.39 is 0 Å². The van der Waals surface area contributed by atoms with Crippen LogP contribution in [0.1, 0.15) is 12.5 Å². The van der Waals surface area contributed by atoms with Gasteiger partial charge >= 0.3 is 0 Å². The number of halogens is 2. The summed E-state index contributed by atoms with van der Waals surface area (Å²) in [6.45, 7) is 3.76. The van der Waals surface area contributed by atoms with Crippen molar-refractivity contribution in [2.45, 2.75) is 13.5 Å². The van der Waals surface area contributed by atoms with Crippen molar-refractivity contribution in [3.05, 3.63) is 57.5 Å². The number of nitrogens with one attached hydrogen (secondary N) is 1. The van der Waals surface area contributed by atoms with Crippen LogP contribution >= 0.6 is 27.5 Å². The highest BCUT2D eigenvalue weighted by Gasteiger charge is 2.03. The van der Waals surface area contributed by atoms with Crippen molar-refractivity contribution in [3.63, 3.8) is 0 Å². The SMILES string of the molecule is CCNCc1ccc(Oc2cccc(Br)c2)cc1Cl. The van der Waals surface area contributed by atoms with Crippen molar-refractivity contribution in [1.29, 1.82) is 0 Å². The molecule has 4 heteroatoms. The molecule has 2 nitrogen and oxygen atoms in total. The summed E-state index contributed by atoms with van der Waals surface area (Å²) in [6, 6.07) is 13.5. The minimum atomic E-state index is 0.716. The van der Waals surface area contributed by atoms with E-state index in [1.54, 1.807) is 0 Å². The van der Waals surface area contributed by atoms with Gasteiger partial charge in [-0.3, -0.25) is 0 Å². The Labute approximate surface area is 126 Å². The Kier molecular flexibility index (Phi) is 5.25. The van der Waals surface area contributed by atoms with Crippen LogP contribution in [0.25, 0.3) is 0 Å². The molecule has 0 unspecified atom stereocenters. The summed E-state index contributed by atoms with van der Waals surface area (Å²) < 4.78 is 6.75. The molecule has 0 spiro atoms. The third kappa shape index (κ3) is 4.23. The zero-order valence-corrected chi connectivity index (χ0v) is 13.0. The van der Waals surface area contributed by atoms with Crippen LogP contribution < -0.4 is 10.1 Å². The van der Waals surface area contributed by atoms with Gasteiger partial charge in [0, 0.05) is 16.0 Å². The molecular weight excluding hydrogens is 326 g/mol. The average Bonchev–Trinajstić information content (AvgIpc) is 2.38. The fourth-order valence-corrected chi connectivity index (χ4v) is 2.28. The molecule has 0 atom stereocenters. The summed E-state index contributed by atoms with van der Waals surface area (Å²) in [7, 11) is 0. The van der Waals surface area contributed by atoms with Gasteiger partial charge in [-0.05, 0) is 42.4 Å². The van der Waals surface area contributed by atoms with Crippen molar-refractivity contribution < 1.29 is 4.74 Å². The quantitative estimate of drug-likeness (QED) is 0.826. The largest absolute Gasteiger partial charge is 0.457 e. The van der Waals surface area contributed by atoms with E-state index in [-0.39, 0.29) is 0 Å². The first-order valence-electron chi connectivity index (χ1n) is 6.11. The molecule has 2 rings (SSSR count). The molecule has 0 aromatic heterocycles. The zero-order chi connectivity index (χ0) is 13.7. The van der Waals surface area contributed by atoms with E-state index in [2.05, 4.69) is 28.2 Å². The van der Waals surface area contributed by atoms with Crippen LogP contribution in [-0.2, 0) is 6.54 Å². The predicted molar refractivity (Wildman–Crippen MR) is 83.0 cm³/mol. The predicted octanol–water partition coefficient (Wildman–Crippen LogP) is 5.00. The normalized spacial score (nSPS) is 10.5. The van der Waals surface area contributed by atoms with Crippen LogP contribution in [-0.4, -0.2) is 6.54 Å². The van der Waals surface area contributed by atoms with Gasteiger partial charge in [0.1, 0.15) is 11.5 Å². The highest BCUT2D eigenvalue weighted by Crippen LogP contribution is 2.28. The average molecular weight is 341 g/mol. The highest BCUT2D eigenvalue weighted by molar-refractivity contribution is 9.10. The molecule has 0 amide bonds. The second-order valence-corrected chi connectivity index (χ2v) is 5.42. The van der Waals surface area contributed by atoms with Gasteiger partial charge in [0.15, 0.2) is 0 Å². The van der Waals surface area contributed by atoms with Gasteiger partial charge in [-0.15, -0.1) is 0 Å². The summed E-state index contributed by atoms with van der Waals surface area (Å²) in [5.74, 6) is 1.52. The first-order chi connectivity index (χ1) is 9.19. The summed E-state index contributed by atoms with van der Waals surface area (Å²) in [5.41, 5.74) is 1.07. The van der Waals surface area contributed by atoms with Gasteiger partial charge in [-0.25, -0.2) is 0 Å². The van der Waals surface area contributed by atoms with Crippen molar-refractivity contribution >= 4 is 27.5 Å². The molecule has 100 valence electrons. The Morgan fingerprint density at radius 1 is 1.16 bits per heavy atom. The third-order valence-corrected chi connectivity index (χ3v) is 3.47. The second-order valence-electron chi connectivity index (χ2n) is 4.09. The molecule has 0 heterocycles. The summed E-state index contributed by atoms with van der Waals surface area (Å²) in [6.07, 6.45) is 0. The number of hydrogen-bond donors (Lipinski definition) is 1. The van der Waals surface area contributed by atoms with Crippen LogP contribution in [0.5, 0.6) is 11.5 Å². The molecule has 2 aromatic rings. The second kappa shape index (κ2) is 6.94. The molecule has 0 aliphatic rings. The maximum absolute atomic E-state index is 6.23. The Bertz CT molecular complexity index is 560. The van der Waals surface area contributed by atoms with Crippen LogP contribution in [0.15, 0.2) is 46.9 Å². The van der Waals surface area contributed by atoms with E-state index in [0.717, 1.165) is 34.6 Å². The van der Waals surface area contributed by atoms with E-state index >= 15 is 0 Å². The maximum atomic E-state index is 6.23. The monoisotopic (exact) mass is 339 g/mol. The minimum absolute atomic E-state index is 0.716. The maximum Gasteiger partial charge on any atom is 0.128 e. The number of benzene rings is 2. The van der Waals surface area contributed by atoms with E-state index in [1.807, 2.05) is 42.5 Å². The van der Waals surface area contributed by atoms with E-state index in [0.29, 0.717) is 5.02 Å². The Balaban J connectivity index is 2.11. The van der Waals surface area contributed by atoms with Crippen LogP contribution in [0, 0.1) is 0 Å². The van der Waals surface area contributed by atoms with E-state index in [1.165, 1.54) is 0 Å². The van der Waals surface area contributed by atoms with Gasteiger partial charge in [0.05, 0.1) is 0 Å². The van der Waals surface area contributed by atoms with Gasteiger partial charge in [0.25, 0.3) is 0 Å². The zero-order valence-electron chi connectivity index (χ0n) is 10.6. The lowest BCUT2D eigenvalue weighted by Gasteiger charge is -2.09. The number of rotatable bonds is 5. The topological polar surface area (TPSA) is 21.3 Å². The molecule has 0 saturated carbocycles. The third-order valence-electron chi connectivity index (χ3n) is 2.62. The molecule has 19 heavy (non-hydrogen) atoms. The molecule has 0 aliphatic heterocycles. The molecule has 0 fully saturated rings. The smallest absolute Gasteiger partial charge is 0.128 e. The molecule has 0 aliphatic carbocycles. The fourth-order valence-electron chi connectivity index (χ4n) is 1.66. The van der Waals surface area contributed by atoms with Gasteiger partial charge in [0.2, 0.25) is 0 Å². The van der Waals surface area contributed by atoms with Crippen LogP contribution in [0.4, 0.5) is 0 Å². The lowest BCUT2D eigenvalue weighted by molar-refractivity contribution is 0.482. The molecule has 1 N–H and O–H groups in total. The summed E-state index contributed by atoms with van der Waals surface area (Å²) in [4.78, 5) is 0. The Morgan fingerprint density at radius 2 is 1.95 bits per heavy atom. The van der Waals surface area contributed by atoms with E-state index in [9.17, 15) is 0 Å². The van der Waals surface area contributed by atoms with Crippen molar-refractivity contribution in [2.24, 2.45) is 0 Å². The van der Waals surface area contributed by atoms with Crippen molar-refractivity contribution in [2.75, 3.05) is 6.54 Å². The molecule has 0 saturated heterocycles. The number of hydrogen-bond acceptors (Lipinski definition) is 2. The first-order valence-corrected chi connectivity index (χ1v) is 7.28. The molecular formula is C15H15BrClNO. The lowest BCUT2D eigenvalue weighted by atomic mass is 10.2. The molecule has 2 aromatic carbocycles. The van der Waals surface area contributed by atoms with E-state index in [4.69, 9.17) is 16.3 Å². The Hall–Kier alpha value is -1.03. The molecule has 0 radical (unpaired) electrons. The van der Waals surface area contributed by atoms with Gasteiger partial charge in [-0.1, -0.05) is 46.6 Å². The molecule has 0 bridgehead atoms. The van der Waals surface area contributed by atoms with Gasteiger partial charge < -0.3 is 10.1 Å². The fraction of sp³-hybridized carbons (Fsp3) is 0.200. The van der Waals surface area contributed by atoms with Crippen LogP contribution in [0.2, 0.25) is 5.02 Å². The standard InChI is InChI=1S/C15H15BrClNO/c1-2-18-10-11-6-7-14(9-15(11)17)19-13-5-3-4-12(16)8-13/h3-9,18H,2,10H2,1H3. The first kappa shape index (κ1) is 14.4. The Morgan fingerprint density at radius 3 is 2.63 bits per heavy atom. The summed E-state index contributed by atoms with van der Waals surface area (Å²) >= 11 is 9.65. The summed E-state index contributed by atoms with van der Waals surface area (Å²) in [5, 5.41) is 3.97. The number of ether oxygens (including phenoxy) is 1. The van der Waals surface area contributed by atoms with Crippen LogP contribution in [0.3, 0.4) is 0 Å². The van der Waals surface area contributed by atoms with Crippen molar-refractivity contribution in [3.8, 4) is 11.5 Å². The highest BCUT2D eigenvalue weighted by atomic mass is 79.9. The van der Waals surface area contributed by atoms with Crippen molar-refractivity contribution in [1.82, 2.24) is 5.32 Å². The lowest BCUT2D eigenvalue weighted by Crippen LogP contribution is -2.11.